The second-order valence-corrected chi connectivity index (χ2v) is 10.4. The first-order valence-electron chi connectivity index (χ1n) is 12.6. The lowest BCUT2D eigenvalue weighted by Crippen LogP contribution is -2.47. The van der Waals surface area contributed by atoms with Crippen LogP contribution in [0.5, 0.6) is 0 Å². The molecule has 1 aromatic heterocycles. The number of rotatable bonds is 7. The van der Waals surface area contributed by atoms with E-state index in [4.69, 9.17) is 0 Å². The van der Waals surface area contributed by atoms with Gasteiger partial charge in [-0.05, 0) is 74.1 Å². The molecule has 2 atom stereocenters. The van der Waals surface area contributed by atoms with Gasteiger partial charge in [0.05, 0.1) is 5.41 Å². The molecule has 2 aliphatic carbocycles. The van der Waals surface area contributed by atoms with Crippen molar-refractivity contribution in [2.45, 2.75) is 52.4 Å². The molecule has 0 radical (unpaired) electrons. The molecular formula is C28H35N3O2. The number of amides is 2. The average molecular weight is 446 g/mol. The summed E-state index contributed by atoms with van der Waals surface area (Å²) in [6.45, 7) is 6.73. The van der Waals surface area contributed by atoms with E-state index < -0.39 is 5.41 Å². The second kappa shape index (κ2) is 8.58. The lowest BCUT2D eigenvalue weighted by atomic mass is 9.78. The van der Waals surface area contributed by atoms with Gasteiger partial charge in [0.15, 0.2) is 0 Å². The molecule has 3 fully saturated rings. The first-order valence-corrected chi connectivity index (χ1v) is 12.6. The summed E-state index contributed by atoms with van der Waals surface area (Å²) in [5, 5.41) is 0. The van der Waals surface area contributed by atoms with Crippen molar-refractivity contribution in [3.8, 4) is 11.1 Å². The van der Waals surface area contributed by atoms with E-state index in [2.05, 4.69) is 35.3 Å². The zero-order valence-electron chi connectivity index (χ0n) is 19.9. The van der Waals surface area contributed by atoms with Gasteiger partial charge >= 0.3 is 0 Å². The Balaban J connectivity index is 1.40. The molecule has 0 N–H and O–H groups in total. The Morgan fingerprint density at radius 2 is 1.88 bits per heavy atom. The van der Waals surface area contributed by atoms with E-state index in [1.807, 2.05) is 35.9 Å². The van der Waals surface area contributed by atoms with Crippen LogP contribution in [0.1, 0.15) is 51.5 Å². The quantitative estimate of drug-likeness (QED) is 0.627. The Bertz CT molecular complexity index is 1030. The van der Waals surface area contributed by atoms with Crippen LogP contribution >= 0.6 is 0 Å². The maximum atomic E-state index is 13.8. The highest BCUT2D eigenvalue weighted by molar-refractivity contribution is 5.88. The molecule has 1 aromatic carbocycles. The summed E-state index contributed by atoms with van der Waals surface area (Å²) < 4.78 is 0. The van der Waals surface area contributed by atoms with Crippen molar-refractivity contribution in [2.75, 3.05) is 26.2 Å². The molecule has 5 heteroatoms. The summed E-state index contributed by atoms with van der Waals surface area (Å²) in [4.78, 5) is 35.4. The van der Waals surface area contributed by atoms with E-state index >= 15 is 0 Å². The van der Waals surface area contributed by atoms with Crippen LogP contribution in [-0.4, -0.2) is 52.8 Å². The second-order valence-electron chi connectivity index (χ2n) is 10.4. The summed E-state index contributed by atoms with van der Waals surface area (Å²) in [5.41, 5.74) is 3.11. The lowest BCUT2D eigenvalue weighted by Gasteiger charge is -2.34. The average Bonchev–Trinajstić information content (AvgIpc) is 3.47. The van der Waals surface area contributed by atoms with E-state index in [0.717, 1.165) is 29.5 Å². The van der Waals surface area contributed by atoms with Crippen LogP contribution in [0.25, 0.3) is 11.1 Å². The smallest absolute Gasteiger partial charge is 0.230 e. The monoisotopic (exact) mass is 445 g/mol. The topological polar surface area (TPSA) is 53.5 Å². The summed E-state index contributed by atoms with van der Waals surface area (Å²) in [6, 6.07) is 12.5. The normalized spacial score (nSPS) is 25.0. The number of likely N-dealkylation sites (tertiary alicyclic amines) is 1. The van der Waals surface area contributed by atoms with Crippen molar-refractivity contribution in [3.05, 3.63) is 54.4 Å². The summed E-state index contributed by atoms with van der Waals surface area (Å²) in [5.74, 6) is 0.705. The molecule has 1 aliphatic heterocycles. The molecule has 2 aromatic rings. The van der Waals surface area contributed by atoms with Gasteiger partial charge in [0.25, 0.3) is 0 Å². The first kappa shape index (κ1) is 22.1. The van der Waals surface area contributed by atoms with Gasteiger partial charge in [-0.3, -0.25) is 14.6 Å². The molecule has 1 saturated heterocycles. The fourth-order valence-corrected chi connectivity index (χ4v) is 6.19. The summed E-state index contributed by atoms with van der Waals surface area (Å²) >= 11 is 0. The van der Waals surface area contributed by atoms with Crippen molar-refractivity contribution >= 4 is 11.8 Å². The number of carbonyl (C=O) groups is 2. The van der Waals surface area contributed by atoms with Crippen LogP contribution in [0.4, 0.5) is 0 Å². The number of hydrogen-bond donors (Lipinski definition) is 0. The van der Waals surface area contributed by atoms with Crippen LogP contribution < -0.4 is 0 Å². The lowest BCUT2D eigenvalue weighted by molar-refractivity contribution is -0.142. The Labute approximate surface area is 197 Å². The molecule has 3 aliphatic rings. The van der Waals surface area contributed by atoms with Gasteiger partial charge in [0, 0.05) is 44.5 Å². The van der Waals surface area contributed by atoms with E-state index in [9.17, 15) is 9.59 Å². The minimum absolute atomic E-state index is 0.198. The van der Waals surface area contributed by atoms with Crippen molar-refractivity contribution < 1.29 is 9.59 Å². The van der Waals surface area contributed by atoms with E-state index in [1.54, 1.807) is 6.20 Å². The zero-order chi connectivity index (χ0) is 23.1. The SMILES string of the molecule is CCN(CC)C(=O)C1(Cc2cccc(-c3cccnc3)c2)CCN(C(=O)C2CC23CCC3)C1. The predicted molar refractivity (Wildman–Crippen MR) is 129 cm³/mol. The fourth-order valence-electron chi connectivity index (χ4n) is 6.19. The molecule has 5 rings (SSSR count). The van der Waals surface area contributed by atoms with Gasteiger partial charge in [0.1, 0.15) is 0 Å². The highest BCUT2D eigenvalue weighted by Crippen LogP contribution is 2.66. The number of carbonyl (C=O) groups excluding carboxylic acids is 2. The zero-order valence-corrected chi connectivity index (χ0v) is 19.9. The Morgan fingerprint density at radius 1 is 1.09 bits per heavy atom. The number of hydrogen-bond acceptors (Lipinski definition) is 3. The highest BCUT2D eigenvalue weighted by atomic mass is 16.2. The van der Waals surface area contributed by atoms with E-state index in [-0.39, 0.29) is 11.8 Å². The van der Waals surface area contributed by atoms with Crippen LogP contribution in [-0.2, 0) is 16.0 Å². The Hall–Kier alpha value is -2.69. The van der Waals surface area contributed by atoms with Gasteiger partial charge in [-0.25, -0.2) is 0 Å². The molecule has 174 valence electrons. The molecule has 33 heavy (non-hydrogen) atoms. The van der Waals surface area contributed by atoms with Crippen LogP contribution in [0, 0.1) is 16.7 Å². The van der Waals surface area contributed by atoms with Crippen molar-refractivity contribution in [1.29, 1.82) is 0 Å². The predicted octanol–water partition coefficient (Wildman–Crippen LogP) is 4.57. The molecule has 2 heterocycles. The first-order chi connectivity index (χ1) is 16.0. The third-order valence-electron chi connectivity index (χ3n) is 8.47. The third kappa shape index (κ3) is 3.96. The van der Waals surface area contributed by atoms with Gasteiger partial charge in [-0.2, -0.15) is 0 Å². The molecule has 2 amide bonds. The molecule has 2 saturated carbocycles. The van der Waals surface area contributed by atoms with Gasteiger partial charge in [0.2, 0.25) is 11.8 Å². The maximum Gasteiger partial charge on any atom is 0.230 e. The molecule has 0 bridgehead atoms. The molecular weight excluding hydrogens is 410 g/mol. The van der Waals surface area contributed by atoms with Gasteiger partial charge in [-0.1, -0.05) is 36.8 Å². The maximum absolute atomic E-state index is 13.8. The Kier molecular flexibility index (Phi) is 5.75. The fraction of sp³-hybridized carbons (Fsp3) is 0.536. The summed E-state index contributed by atoms with van der Waals surface area (Å²) in [7, 11) is 0. The van der Waals surface area contributed by atoms with Crippen molar-refractivity contribution in [3.63, 3.8) is 0 Å². The summed E-state index contributed by atoms with van der Waals surface area (Å²) in [6.07, 6.45) is 9.80. The van der Waals surface area contributed by atoms with Crippen LogP contribution in [0.15, 0.2) is 48.8 Å². The minimum atomic E-state index is -0.545. The molecule has 5 nitrogen and oxygen atoms in total. The minimum Gasteiger partial charge on any atom is -0.343 e. The van der Waals surface area contributed by atoms with Crippen molar-refractivity contribution in [2.24, 2.45) is 16.7 Å². The van der Waals surface area contributed by atoms with Crippen LogP contribution in [0.3, 0.4) is 0 Å². The standard InChI is InChI=1S/C28H35N3O2/c1-3-30(4-2)26(33)28(13-15-31(20-28)25(32)24-18-27(24)11-7-12-27)17-21-8-5-9-22(16-21)23-10-6-14-29-19-23/h5-6,8-10,14,16,19,24H,3-4,7,11-13,15,17-18,20H2,1-2H3. The van der Waals surface area contributed by atoms with Crippen molar-refractivity contribution in [1.82, 2.24) is 14.8 Å². The largest absolute Gasteiger partial charge is 0.343 e. The highest BCUT2D eigenvalue weighted by Gasteiger charge is 2.62. The molecule has 1 spiro atoms. The van der Waals surface area contributed by atoms with E-state index in [1.165, 1.54) is 19.3 Å². The van der Waals surface area contributed by atoms with E-state index in [0.29, 0.717) is 43.9 Å². The Morgan fingerprint density at radius 3 is 2.52 bits per heavy atom. The van der Waals surface area contributed by atoms with Crippen LogP contribution in [0.2, 0.25) is 0 Å². The molecule has 2 unspecified atom stereocenters. The third-order valence-corrected chi connectivity index (χ3v) is 8.47. The van der Waals surface area contributed by atoms with Gasteiger partial charge in [-0.15, -0.1) is 0 Å². The number of benzene rings is 1. The number of pyridine rings is 1. The van der Waals surface area contributed by atoms with Gasteiger partial charge < -0.3 is 9.80 Å². The number of nitrogens with zero attached hydrogens (tertiary/aromatic N) is 3. The number of aromatic nitrogens is 1.